The van der Waals surface area contributed by atoms with Crippen LogP contribution < -0.4 is 0 Å². The van der Waals surface area contributed by atoms with Crippen LogP contribution in [0.1, 0.15) is 48.4 Å². The van der Waals surface area contributed by atoms with E-state index >= 15 is 0 Å². The first-order chi connectivity index (χ1) is 8.68. The van der Waals surface area contributed by atoms with Crippen LogP contribution in [0.25, 0.3) is 0 Å². The third-order valence-electron chi connectivity index (χ3n) is 3.21. The molecule has 1 aromatic rings. The smallest absolute Gasteiger partial charge is 0.274 e. The molecule has 1 aliphatic rings. The van der Waals surface area contributed by atoms with Crippen LogP contribution in [-0.4, -0.2) is 33.9 Å². The number of rotatable bonds is 1. The number of hydrogen-bond acceptors (Lipinski definition) is 3. The zero-order valence-corrected chi connectivity index (χ0v) is 11.4. The Bertz CT molecular complexity index is 428. The quantitative estimate of drug-likeness (QED) is 0.786. The van der Waals surface area contributed by atoms with Crippen LogP contribution in [0, 0.1) is 6.92 Å². The topological polar surface area (TPSA) is 46.1 Å². The molecule has 1 saturated heterocycles. The fourth-order valence-corrected chi connectivity index (χ4v) is 2.38. The van der Waals surface area contributed by atoms with Crippen molar-refractivity contribution in [3.8, 4) is 0 Å². The normalized spacial score (nSPS) is 17.1. The van der Waals surface area contributed by atoms with Crippen molar-refractivity contribution in [2.75, 3.05) is 13.1 Å². The molecule has 1 aliphatic heterocycles. The maximum Gasteiger partial charge on any atom is 0.274 e. The minimum absolute atomic E-state index is 0.0626. The number of carbonyl (C=O) groups excluding carboxylic acids is 1. The predicted molar refractivity (Wildman–Crippen MR) is 70.8 cm³/mol. The number of amides is 1. The highest BCUT2D eigenvalue weighted by Gasteiger charge is 2.20. The van der Waals surface area contributed by atoms with Gasteiger partial charge in [0.2, 0.25) is 0 Å². The van der Waals surface area contributed by atoms with E-state index in [2.05, 4.69) is 9.97 Å². The fourth-order valence-electron chi connectivity index (χ4n) is 2.21. The van der Waals surface area contributed by atoms with E-state index in [1.807, 2.05) is 4.90 Å². The Hall–Kier alpha value is -1.16. The molecule has 0 spiro atoms. The van der Waals surface area contributed by atoms with Gasteiger partial charge in [-0.25, -0.2) is 9.97 Å². The summed E-state index contributed by atoms with van der Waals surface area (Å²) in [6, 6.07) is 0. The van der Waals surface area contributed by atoms with Crippen LogP contribution in [0.3, 0.4) is 0 Å². The summed E-state index contributed by atoms with van der Waals surface area (Å²) in [5, 5.41) is 0.340. The van der Waals surface area contributed by atoms with Gasteiger partial charge in [0.1, 0.15) is 5.82 Å². The van der Waals surface area contributed by atoms with Gasteiger partial charge in [0.15, 0.2) is 5.69 Å². The van der Waals surface area contributed by atoms with Crippen molar-refractivity contribution in [1.29, 1.82) is 0 Å². The first kappa shape index (κ1) is 13.3. The lowest BCUT2D eigenvalue weighted by Gasteiger charge is -2.24. The van der Waals surface area contributed by atoms with Crippen LogP contribution in [0.2, 0.25) is 5.02 Å². The molecule has 0 unspecified atom stereocenters. The minimum atomic E-state index is -0.0626. The summed E-state index contributed by atoms with van der Waals surface area (Å²) in [5.41, 5.74) is 0.338. The van der Waals surface area contributed by atoms with Crippen molar-refractivity contribution in [2.24, 2.45) is 0 Å². The molecule has 1 fully saturated rings. The number of hydrogen-bond donors (Lipinski definition) is 0. The molecule has 0 saturated carbocycles. The number of nitrogens with zero attached hydrogens (tertiary/aromatic N) is 3. The maximum absolute atomic E-state index is 12.4. The standard InChI is InChI=1S/C13H18ClN3O/c1-10-15-9-11(14)12(16-10)13(18)17-7-5-3-2-4-6-8-17/h9H,2-8H2,1H3. The highest BCUT2D eigenvalue weighted by atomic mass is 35.5. The molecule has 98 valence electrons. The Morgan fingerprint density at radius 3 is 2.50 bits per heavy atom. The van der Waals surface area contributed by atoms with Gasteiger partial charge in [-0.1, -0.05) is 30.9 Å². The lowest BCUT2D eigenvalue weighted by molar-refractivity contribution is 0.0736. The SMILES string of the molecule is Cc1ncc(Cl)c(C(=O)N2CCCCCCC2)n1. The van der Waals surface area contributed by atoms with Crippen molar-refractivity contribution < 1.29 is 4.79 Å². The van der Waals surface area contributed by atoms with E-state index in [4.69, 9.17) is 11.6 Å². The van der Waals surface area contributed by atoms with E-state index in [1.54, 1.807) is 6.92 Å². The van der Waals surface area contributed by atoms with Crippen molar-refractivity contribution in [3.05, 3.63) is 22.7 Å². The minimum Gasteiger partial charge on any atom is -0.337 e. The summed E-state index contributed by atoms with van der Waals surface area (Å²) in [7, 11) is 0. The third-order valence-corrected chi connectivity index (χ3v) is 3.49. The predicted octanol–water partition coefficient (Wildman–Crippen LogP) is 2.84. The number of aromatic nitrogens is 2. The Balaban J connectivity index is 2.15. The van der Waals surface area contributed by atoms with E-state index in [1.165, 1.54) is 25.5 Å². The number of carbonyl (C=O) groups is 1. The van der Waals surface area contributed by atoms with Crippen LogP contribution in [0.4, 0.5) is 0 Å². The molecule has 0 bridgehead atoms. The number of likely N-dealkylation sites (tertiary alicyclic amines) is 1. The van der Waals surface area contributed by atoms with Crippen molar-refractivity contribution >= 4 is 17.5 Å². The molecule has 5 heteroatoms. The van der Waals surface area contributed by atoms with E-state index < -0.39 is 0 Å². The van der Waals surface area contributed by atoms with Crippen molar-refractivity contribution in [1.82, 2.24) is 14.9 Å². The van der Waals surface area contributed by atoms with E-state index in [0.717, 1.165) is 25.9 Å². The van der Waals surface area contributed by atoms with Gasteiger partial charge < -0.3 is 4.90 Å². The van der Waals surface area contributed by atoms with Gasteiger partial charge in [0.05, 0.1) is 11.2 Å². The van der Waals surface area contributed by atoms with Crippen LogP contribution in [0.15, 0.2) is 6.20 Å². The second-order valence-electron chi connectivity index (χ2n) is 4.67. The number of aryl methyl sites for hydroxylation is 1. The number of halogens is 1. The molecular weight excluding hydrogens is 250 g/mol. The molecule has 18 heavy (non-hydrogen) atoms. The summed E-state index contributed by atoms with van der Waals surface area (Å²) in [4.78, 5) is 22.4. The summed E-state index contributed by atoms with van der Waals surface area (Å²) in [6.45, 7) is 3.37. The Morgan fingerprint density at radius 1 is 1.22 bits per heavy atom. The molecule has 0 atom stereocenters. The lowest BCUT2D eigenvalue weighted by atomic mass is 10.1. The molecule has 1 aromatic heterocycles. The molecule has 0 N–H and O–H groups in total. The molecule has 2 rings (SSSR count). The lowest BCUT2D eigenvalue weighted by Crippen LogP contribution is -2.34. The average molecular weight is 268 g/mol. The maximum atomic E-state index is 12.4. The molecule has 0 aliphatic carbocycles. The van der Waals surface area contributed by atoms with E-state index in [0.29, 0.717) is 16.5 Å². The Labute approximate surface area is 112 Å². The van der Waals surface area contributed by atoms with E-state index in [9.17, 15) is 4.79 Å². The average Bonchev–Trinajstić information content (AvgIpc) is 2.31. The second kappa shape index (κ2) is 6.14. The summed E-state index contributed by atoms with van der Waals surface area (Å²) in [6.07, 6.45) is 7.29. The third kappa shape index (κ3) is 3.19. The first-order valence-electron chi connectivity index (χ1n) is 6.47. The second-order valence-corrected chi connectivity index (χ2v) is 5.08. The monoisotopic (exact) mass is 267 g/mol. The largest absolute Gasteiger partial charge is 0.337 e. The van der Waals surface area contributed by atoms with Gasteiger partial charge in [0, 0.05) is 13.1 Å². The van der Waals surface area contributed by atoms with Gasteiger partial charge >= 0.3 is 0 Å². The van der Waals surface area contributed by atoms with Gasteiger partial charge in [-0.15, -0.1) is 0 Å². The van der Waals surface area contributed by atoms with Gasteiger partial charge in [-0.3, -0.25) is 4.79 Å². The first-order valence-corrected chi connectivity index (χ1v) is 6.84. The summed E-state index contributed by atoms with van der Waals surface area (Å²) >= 11 is 6.01. The molecule has 0 aromatic carbocycles. The Morgan fingerprint density at radius 2 is 1.83 bits per heavy atom. The molecule has 0 radical (unpaired) electrons. The molecule has 2 heterocycles. The van der Waals surface area contributed by atoms with Crippen LogP contribution >= 0.6 is 11.6 Å². The van der Waals surface area contributed by atoms with Crippen molar-refractivity contribution in [2.45, 2.75) is 39.0 Å². The molecule has 1 amide bonds. The molecule has 4 nitrogen and oxygen atoms in total. The van der Waals surface area contributed by atoms with Gasteiger partial charge in [-0.2, -0.15) is 0 Å². The fraction of sp³-hybridized carbons (Fsp3) is 0.615. The van der Waals surface area contributed by atoms with Gasteiger partial charge in [-0.05, 0) is 19.8 Å². The molecular formula is C13H18ClN3O. The van der Waals surface area contributed by atoms with Gasteiger partial charge in [0.25, 0.3) is 5.91 Å². The summed E-state index contributed by atoms with van der Waals surface area (Å²) in [5.74, 6) is 0.516. The van der Waals surface area contributed by atoms with Crippen LogP contribution in [-0.2, 0) is 0 Å². The van der Waals surface area contributed by atoms with E-state index in [-0.39, 0.29) is 5.91 Å². The zero-order chi connectivity index (χ0) is 13.0. The zero-order valence-electron chi connectivity index (χ0n) is 10.7. The van der Waals surface area contributed by atoms with Crippen LogP contribution in [0.5, 0.6) is 0 Å². The highest BCUT2D eigenvalue weighted by Crippen LogP contribution is 2.17. The highest BCUT2D eigenvalue weighted by molar-refractivity contribution is 6.33. The van der Waals surface area contributed by atoms with Crippen molar-refractivity contribution in [3.63, 3.8) is 0 Å². The summed E-state index contributed by atoms with van der Waals surface area (Å²) < 4.78 is 0. The Kier molecular flexibility index (Phi) is 4.53.